The van der Waals surface area contributed by atoms with E-state index in [-0.39, 0.29) is 5.69 Å². The van der Waals surface area contributed by atoms with Gasteiger partial charge in [0.05, 0.1) is 19.1 Å². The summed E-state index contributed by atoms with van der Waals surface area (Å²) in [5, 5.41) is 10.6. The van der Waals surface area contributed by atoms with Crippen LogP contribution in [0.5, 0.6) is 17.2 Å². The van der Waals surface area contributed by atoms with Crippen LogP contribution in [-0.2, 0) is 6.61 Å². The van der Waals surface area contributed by atoms with Crippen LogP contribution in [0, 0.1) is 10.1 Å². The first-order valence-corrected chi connectivity index (χ1v) is 6.22. The molecule has 0 spiro atoms. The molecule has 0 aliphatic rings. The molecule has 0 saturated heterocycles. The van der Waals surface area contributed by atoms with Crippen LogP contribution in [0.1, 0.15) is 5.56 Å². The highest BCUT2D eigenvalue weighted by Gasteiger charge is 2.07. The molecule has 0 bridgehead atoms. The van der Waals surface area contributed by atoms with Crippen molar-refractivity contribution in [1.82, 2.24) is 0 Å². The summed E-state index contributed by atoms with van der Waals surface area (Å²) >= 11 is 0. The summed E-state index contributed by atoms with van der Waals surface area (Å²) in [7, 11) is 3.14. The molecule has 0 fully saturated rings. The summed E-state index contributed by atoms with van der Waals surface area (Å²) in [6.07, 6.45) is 0. The molecule has 2 aromatic carbocycles. The van der Waals surface area contributed by atoms with E-state index in [9.17, 15) is 10.1 Å². The summed E-state index contributed by atoms with van der Waals surface area (Å²) in [4.78, 5) is 10.1. The average Bonchev–Trinajstić information content (AvgIpc) is 2.52. The highest BCUT2D eigenvalue weighted by molar-refractivity contribution is 5.43. The predicted octanol–water partition coefficient (Wildman–Crippen LogP) is 3.19. The fourth-order valence-electron chi connectivity index (χ4n) is 1.80. The molecule has 0 heterocycles. The van der Waals surface area contributed by atoms with Gasteiger partial charge in [-0.15, -0.1) is 0 Å². The van der Waals surface area contributed by atoms with Crippen LogP contribution in [0.15, 0.2) is 42.5 Å². The Bertz CT molecular complexity index is 624. The van der Waals surface area contributed by atoms with Crippen molar-refractivity contribution in [2.24, 2.45) is 0 Å². The zero-order chi connectivity index (χ0) is 15.2. The Morgan fingerprint density at radius 2 is 1.67 bits per heavy atom. The van der Waals surface area contributed by atoms with Crippen molar-refractivity contribution in [1.29, 1.82) is 0 Å². The van der Waals surface area contributed by atoms with Crippen molar-refractivity contribution in [2.75, 3.05) is 14.2 Å². The van der Waals surface area contributed by atoms with Gasteiger partial charge in [-0.05, 0) is 29.8 Å². The van der Waals surface area contributed by atoms with Crippen LogP contribution in [0.4, 0.5) is 5.69 Å². The van der Waals surface area contributed by atoms with Crippen LogP contribution < -0.4 is 14.2 Å². The molecular weight excluding hydrogens is 274 g/mol. The number of nitro groups is 1. The zero-order valence-corrected chi connectivity index (χ0v) is 11.7. The van der Waals surface area contributed by atoms with Gasteiger partial charge in [0.2, 0.25) is 0 Å². The van der Waals surface area contributed by atoms with Crippen molar-refractivity contribution < 1.29 is 19.1 Å². The molecule has 0 saturated carbocycles. The van der Waals surface area contributed by atoms with Gasteiger partial charge in [0.15, 0.2) is 11.5 Å². The molecule has 6 heteroatoms. The van der Waals surface area contributed by atoms with E-state index in [0.29, 0.717) is 23.9 Å². The van der Waals surface area contributed by atoms with Crippen LogP contribution in [-0.4, -0.2) is 19.1 Å². The minimum atomic E-state index is -0.446. The average molecular weight is 289 g/mol. The molecule has 0 radical (unpaired) electrons. The van der Waals surface area contributed by atoms with Crippen molar-refractivity contribution in [2.45, 2.75) is 6.61 Å². The molecule has 0 atom stereocenters. The van der Waals surface area contributed by atoms with Crippen molar-refractivity contribution in [3.63, 3.8) is 0 Å². The topological polar surface area (TPSA) is 70.8 Å². The van der Waals surface area contributed by atoms with E-state index < -0.39 is 4.92 Å². The molecule has 0 unspecified atom stereocenters. The molecule has 0 aliphatic heterocycles. The third-order valence-corrected chi connectivity index (χ3v) is 2.90. The largest absolute Gasteiger partial charge is 0.493 e. The molecule has 110 valence electrons. The molecule has 2 aromatic rings. The van der Waals surface area contributed by atoms with Gasteiger partial charge < -0.3 is 14.2 Å². The number of hydrogen-bond donors (Lipinski definition) is 0. The second-order valence-electron chi connectivity index (χ2n) is 4.23. The van der Waals surface area contributed by atoms with E-state index in [1.807, 2.05) is 12.1 Å². The molecule has 2 rings (SSSR count). The van der Waals surface area contributed by atoms with E-state index in [4.69, 9.17) is 14.2 Å². The van der Waals surface area contributed by atoms with Gasteiger partial charge in [0.1, 0.15) is 12.4 Å². The lowest BCUT2D eigenvalue weighted by molar-refractivity contribution is -0.384. The fraction of sp³-hybridized carbons (Fsp3) is 0.200. The number of nitrogens with zero attached hydrogens (tertiary/aromatic N) is 1. The summed E-state index contributed by atoms with van der Waals surface area (Å²) in [5.41, 5.74) is 0.944. The number of ether oxygens (including phenoxy) is 3. The van der Waals surface area contributed by atoms with E-state index in [1.165, 1.54) is 12.1 Å². The summed E-state index contributed by atoms with van der Waals surface area (Å²) in [6, 6.07) is 11.4. The number of nitro benzene ring substituents is 1. The number of methoxy groups -OCH3 is 2. The monoisotopic (exact) mass is 289 g/mol. The minimum absolute atomic E-state index is 0.0356. The first kappa shape index (κ1) is 14.6. The van der Waals surface area contributed by atoms with Crippen molar-refractivity contribution in [3.8, 4) is 17.2 Å². The van der Waals surface area contributed by atoms with E-state index in [0.717, 1.165) is 5.56 Å². The number of benzene rings is 2. The number of rotatable bonds is 6. The Balaban J connectivity index is 2.04. The van der Waals surface area contributed by atoms with E-state index in [2.05, 4.69) is 0 Å². The molecule has 21 heavy (non-hydrogen) atoms. The third-order valence-electron chi connectivity index (χ3n) is 2.90. The van der Waals surface area contributed by atoms with Gasteiger partial charge >= 0.3 is 0 Å². The van der Waals surface area contributed by atoms with Crippen molar-refractivity contribution in [3.05, 3.63) is 58.1 Å². The summed E-state index contributed by atoms with van der Waals surface area (Å²) in [5.74, 6) is 1.84. The Hall–Kier alpha value is -2.76. The van der Waals surface area contributed by atoms with Crippen LogP contribution in [0.25, 0.3) is 0 Å². The maximum Gasteiger partial charge on any atom is 0.269 e. The molecule has 0 aromatic heterocycles. The highest BCUT2D eigenvalue weighted by Crippen LogP contribution is 2.28. The Morgan fingerprint density at radius 1 is 1.00 bits per heavy atom. The number of non-ortho nitro benzene ring substituents is 1. The lowest BCUT2D eigenvalue weighted by atomic mass is 10.2. The molecular formula is C15H15NO5. The van der Waals surface area contributed by atoms with Gasteiger partial charge in [-0.25, -0.2) is 0 Å². The Morgan fingerprint density at radius 3 is 2.24 bits per heavy atom. The molecule has 6 nitrogen and oxygen atoms in total. The lowest BCUT2D eigenvalue weighted by Crippen LogP contribution is -1.98. The molecule has 0 amide bonds. The quantitative estimate of drug-likeness (QED) is 0.603. The summed E-state index contributed by atoms with van der Waals surface area (Å²) in [6.45, 7) is 0.332. The predicted molar refractivity (Wildman–Crippen MR) is 77.0 cm³/mol. The fourth-order valence-corrected chi connectivity index (χ4v) is 1.80. The van der Waals surface area contributed by atoms with E-state index >= 15 is 0 Å². The third kappa shape index (κ3) is 3.62. The van der Waals surface area contributed by atoms with Gasteiger partial charge in [-0.2, -0.15) is 0 Å². The lowest BCUT2D eigenvalue weighted by Gasteiger charge is -2.10. The maximum atomic E-state index is 10.6. The van der Waals surface area contributed by atoms with E-state index in [1.54, 1.807) is 32.4 Å². The Kier molecular flexibility index (Phi) is 4.61. The normalized spacial score (nSPS) is 10.0. The second-order valence-corrected chi connectivity index (χ2v) is 4.23. The minimum Gasteiger partial charge on any atom is -0.493 e. The van der Waals surface area contributed by atoms with Gasteiger partial charge in [0, 0.05) is 12.1 Å². The SMILES string of the molecule is COc1ccc(COc2ccc([N+](=O)[O-])cc2)cc1OC. The summed E-state index contributed by atoms with van der Waals surface area (Å²) < 4.78 is 16.0. The zero-order valence-electron chi connectivity index (χ0n) is 11.7. The van der Waals surface area contributed by atoms with Gasteiger partial charge in [0.25, 0.3) is 5.69 Å². The maximum absolute atomic E-state index is 10.6. The second kappa shape index (κ2) is 6.60. The van der Waals surface area contributed by atoms with Gasteiger partial charge in [-0.1, -0.05) is 6.07 Å². The first-order chi connectivity index (χ1) is 10.1. The van der Waals surface area contributed by atoms with Crippen LogP contribution in [0.2, 0.25) is 0 Å². The smallest absolute Gasteiger partial charge is 0.269 e. The molecule has 0 aliphatic carbocycles. The van der Waals surface area contributed by atoms with Crippen LogP contribution >= 0.6 is 0 Å². The number of hydrogen-bond acceptors (Lipinski definition) is 5. The highest BCUT2D eigenvalue weighted by atomic mass is 16.6. The first-order valence-electron chi connectivity index (χ1n) is 6.22. The Labute approximate surface area is 122 Å². The molecule has 0 N–H and O–H groups in total. The van der Waals surface area contributed by atoms with Crippen molar-refractivity contribution >= 4 is 5.69 Å². The standard InChI is InChI=1S/C15H15NO5/c1-19-14-8-3-11(9-15(14)20-2)10-21-13-6-4-12(5-7-13)16(17)18/h3-9H,10H2,1-2H3. The van der Waals surface area contributed by atoms with Crippen LogP contribution in [0.3, 0.4) is 0 Å². The van der Waals surface area contributed by atoms with Gasteiger partial charge in [-0.3, -0.25) is 10.1 Å².